The monoisotopic (exact) mass is 549 g/mol. The number of carbonyl (C=O) groups excluding carboxylic acids is 1. The number of carbonyl (C=O) groups is 1. The highest BCUT2D eigenvalue weighted by atomic mass is 35.5. The molecule has 6 nitrogen and oxygen atoms in total. The number of fused-ring (bicyclic) bond motifs is 2. The SMILES string of the molecule is Cc1ccc2nc(NC(=O)c3cc4[nH]c(-c5c(F)cccc5Cl)nc4c(Cl)c3C)n(C3CCCCC3)c2c1. The van der Waals surface area contributed by atoms with Crippen molar-refractivity contribution in [3.05, 3.63) is 75.0 Å². The van der Waals surface area contributed by atoms with Crippen molar-refractivity contribution in [2.24, 2.45) is 0 Å². The number of hydrogen-bond acceptors (Lipinski definition) is 3. The Morgan fingerprint density at radius 1 is 1.08 bits per heavy atom. The van der Waals surface area contributed by atoms with Gasteiger partial charge in [0.2, 0.25) is 5.95 Å². The summed E-state index contributed by atoms with van der Waals surface area (Å²) in [6.07, 6.45) is 5.64. The summed E-state index contributed by atoms with van der Waals surface area (Å²) in [4.78, 5) is 26.0. The van der Waals surface area contributed by atoms with Crippen molar-refractivity contribution in [2.45, 2.75) is 52.0 Å². The fourth-order valence-electron chi connectivity index (χ4n) is 5.45. The van der Waals surface area contributed by atoms with Gasteiger partial charge in [-0.3, -0.25) is 10.1 Å². The second-order valence-electron chi connectivity index (χ2n) is 9.98. The van der Waals surface area contributed by atoms with Gasteiger partial charge in [0.1, 0.15) is 17.2 Å². The number of benzene rings is 3. The number of nitrogens with one attached hydrogen (secondary N) is 2. The molecular weight excluding hydrogens is 524 g/mol. The van der Waals surface area contributed by atoms with Crippen LogP contribution in [-0.2, 0) is 0 Å². The third kappa shape index (κ3) is 4.24. The molecular formula is C29H26Cl2FN5O. The van der Waals surface area contributed by atoms with E-state index in [1.165, 1.54) is 18.6 Å². The molecule has 1 amide bonds. The van der Waals surface area contributed by atoms with Gasteiger partial charge in [0, 0.05) is 11.6 Å². The Morgan fingerprint density at radius 3 is 2.63 bits per heavy atom. The summed E-state index contributed by atoms with van der Waals surface area (Å²) in [6, 6.07) is 12.6. The molecule has 6 rings (SSSR count). The van der Waals surface area contributed by atoms with Crippen molar-refractivity contribution in [3.63, 3.8) is 0 Å². The van der Waals surface area contributed by atoms with Crippen LogP contribution in [0.3, 0.4) is 0 Å². The van der Waals surface area contributed by atoms with Crippen molar-refractivity contribution >= 4 is 57.1 Å². The molecule has 0 atom stereocenters. The van der Waals surface area contributed by atoms with Crippen LogP contribution in [0.5, 0.6) is 0 Å². The molecule has 0 radical (unpaired) electrons. The van der Waals surface area contributed by atoms with E-state index in [9.17, 15) is 9.18 Å². The smallest absolute Gasteiger partial charge is 0.258 e. The van der Waals surface area contributed by atoms with Gasteiger partial charge in [0.25, 0.3) is 5.91 Å². The Morgan fingerprint density at radius 2 is 1.87 bits per heavy atom. The first-order valence-electron chi connectivity index (χ1n) is 12.7. The molecule has 0 unspecified atom stereocenters. The maximum atomic E-state index is 14.5. The van der Waals surface area contributed by atoms with E-state index in [1.54, 1.807) is 19.1 Å². The lowest BCUT2D eigenvalue weighted by molar-refractivity contribution is 0.102. The lowest BCUT2D eigenvalue weighted by atomic mass is 9.95. The molecule has 1 fully saturated rings. The van der Waals surface area contributed by atoms with Crippen molar-refractivity contribution < 1.29 is 9.18 Å². The predicted molar refractivity (Wildman–Crippen MR) is 151 cm³/mol. The van der Waals surface area contributed by atoms with Crippen LogP contribution < -0.4 is 5.32 Å². The van der Waals surface area contributed by atoms with Crippen LogP contribution in [0.4, 0.5) is 10.3 Å². The van der Waals surface area contributed by atoms with Crippen LogP contribution in [0, 0.1) is 19.7 Å². The van der Waals surface area contributed by atoms with E-state index in [4.69, 9.17) is 28.2 Å². The number of aryl methyl sites for hydroxylation is 1. The van der Waals surface area contributed by atoms with Crippen LogP contribution in [0.2, 0.25) is 10.0 Å². The molecule has 0 aliphatic heterocycles. The zero-order valence-corrected chi connectivity index (χ0v) is 22.5. The average Bonchev–Trinajstić information content (AvgIpc) is 3.47. The zero-order valence-electron chi connectivity index (χ0n) is 21.0. The number of aromatic amines is 1. The first-order chi connectivity index (χ1) is 18.3. The van der Waals surface area contributed by atoms with Crippen molar-refractivity contribution in [1.29, 1.82) is 0 Å². The van der Waals surface area contributed by atoms with E-state index in [0.717, 1.165) is 42.3 Å². The zero-order chi connectivity index (χ0) is 26.6. The Balaban J connectivity index is 1.41. The molecule has 9 heteroatoms. The number of amides is 1. The molecule has 2 N–H and O–H groups in total. The minimum absolute atomic E-state index is 0.154. The van der Waals surface area contributed by atoms with Crippen LogP contribution in [0.1, 0.15) is 59.6 Å². The number of anilines is 1. The molecule has 1 saturated carbocycles. The standard InChI is InChI=1S/C29H26Cl2FN5O/c1-15-11-12-21-23(13-15)37(17-7-4-3-5-8-17)29(34-21)36-28(38)18-14-22-26(25(31)16(18)2)35-27(33-22)24-19(30)9-6-10-20(24)32/h6,9-14,17H,3-5,7-8H2,1-2H3,(H,33,35)(H,34,36,38). The van der Waals surface area contributed by atoms with Gasteiger partial charge in [-0.1, -0.05) is 54.6 Å². The van der Waals surface area contributed by atoms with E-state index in [1.807, 2.05) is 12.1 Å². The second-order valence-corrected chi connectivity index (χ2v) is 10.8. The molecule has 194 valence electrons. The molecule has 2 heterocycles. The summed E-state index contributed by atoms with van der Waals surface area (Å²) in [5, 5.41) is 3.61. The number of rotatable bonds is 4. The largest absolute Gasteiger partial charge is 0.338 e. The van der Waals surface area contributed by atoms with Gasteiger partial charge in [-0.2, -0.15) is 0 Å². The molecule has 0 saturated heterocycles. The normalized spacial score (nSPS) is 14.4. The number of halogens is 3. The molecule has 3 aromatic carbocycles. The molecule has 38 heavy (non-hydrogen) atoms. The van der Waals surface area contributed by atoms with E-state index >= 15 is 0 Å². The van der Waals surface area contributed by atoms with Crippen LogP contribution in [-0.4, -0.2) is 25.4 Å². The topological polar surface area (TPSA) is 75.6 Å². The minimum atomic E-state index is -0.501. The number of aromatic nitrogens is 4. The summed E-state index contributed by atoms with van der Waals surface area (Å²) >= 11 is 12.9. The third-order valence-corrected chi connectivity index (χ3v) is 8.19. The van der Waals surface area contributed by atoms with E-state index in [2.05, 4.69) is 32.8 Å². The number of hydrogen-bond donors (Lipinski definition) is 2. The average molecular weight is 550 g/mol. The van der Waals surface area contributed by atoms with Crippen LogP contribution in [0.15, 0.2) is 42.5 Å². The predicted octanol–water partition coefficient (Wildman–Crippen LogP) is 8.40. The fourth-order valence-corrected chi connectivity index (χ4v) is 5.95. The Kier molecular flexibility index (Phi) is 6.36. The molecule has 2 aromatic heterocycles. The second kappa shape index (κ2) is 9.71. The van der Waals surface area contributed by atoms with Crippen molar-refractivity contribution in [3.8, 4) is 11.4 Å². The molecule has 1 aliphatic rings. The van der Waals surface area contributed by atoms with Crippen molar-refractivity contribution in [2.75, 3.05) is 5.32 Å². The summed E-state index contributed by atoms with van der Waals surface area (Å²) in [5.74, 6) is -0.0485. The van der Waals surface area contributed by atoms with Gasteiger partial charge in [-0.25, -0.2) is 14.4 Å². The van der Waals surface area contributed by atoms with Gasteiger partial charge in [-0.05, 0) is 68.1 Å². The Bertz CT molecular complexity index is 1700. The van der Waals surface area contributed by atoms with Crippen LogP contribution in [0.25, 0.3) is 33.5 Å². The molecule has 1 aliphatic carbocycles. The Hall–Kier alpha value is -3.42. The molecule has 0 spiro atoms. The van der Waals surface area contributed by atoms with E-state index < -0.39 is 5.82 Å². The lowest BCUT2D eigenvalue weighted by Gasteiger charge is -2.25. The van der Waals surface area contributed by atoms with E-state index in [0.29, 0.717) is 33.1 Å². The molecule has 5 aromatic rings. The molecule has 0 bridgehead atoms. The van der Waals surface area contributed by atoms with Gasteiger partial charge in [0.05, 0.1) is 32.2 Å². The quantitative estimate of drug-likeness (QED) is 0.236. The van der Waals surface area contributed by atoms with Gasteiger partial charge in [-0.15, -0.1) is 0 Å². The Labute approximate surface area is 229 Å². The highest BCUT2D eigenvalue weighted by molar-refractivity contribution is 6.36. The highest BCUT2D eigenvalue weighted by Crippen LogP contribution is 2.37. The van der Waals surface area contributed by atoms with E-state index in [-0.39, 0.29) is 28.4 Å². The summed E-state index contributed by atoms with van der Waals surface area (Å²) in [7, 11) is 0. The summed E-state index contributed by atoms with van der Waals surface area (Å²) in [6.45, 7) is 3.83. The minimum Gasteiger partial charge on any atom is -0.338 e. The first kappa shape index (κ1) is 24.9. The number of nitrogens with zero attached hydrogens (tertiary/aromatic N) is 3. The van der Waals surface area contributed by atoms with Crippen LogP contribution >= 0.6 is 23.2 Å². The maximum absolute atomic E-state index is 14.5. The summed E-state index contributed by atoms with van der Waals surface area (Å²) < 4.78 is 16.7. The van der Waals surface area contributed by atoms with Gasteiger partial charge < -0.3 is 9.55 Å². The lowest BCUT2D eigenvalue weighted by Crippen LogP contribution is -2.20. The first-order valence-corrected chi connectivity index (χ1v) is 13.5. The van der Waals surface area contributed by atoms with Gasteiger partial charge >= 0.3 is 0 Å². The number of H-pyrrole nitrogens is 1. The fraction of sp³-hybridized carbons (Fsp3) is 0.276. The maximum Gasteiger partial charge on any atom is 0.258 e. The third-order valence-electron chi connectivity index (χ3n) is 7.42. The summed E-state index contributed by atoms with van der Waals surface area (Å²) in [5.41, 5.74) is 5.09. The van der Waals surface area contributed by atoms with Gasteiger partial charge in [0.15, 0.2) is 0 Å². The number of imidazole rings is 2. The van der Waals surface area contributed by atoms with Crippen molar-refractivity contribution in [1.82, 2.24) is 19.5 Å². The highest BCUT2D eigenvalue weighted by Gasteiger charge is 2.25.